The van der Waals surface area contributed by atoms with Gasteiger partial charge < -0.3 is 28.7 Å². The van der Waals surface area contributed by atoms with Gasteiger partial charge in [-0.15, -0.1) is 0 Å². The minimum Gasteiger partial charge on any atom is -0.450 e. The molecule has 1 aliphatic carbocycles. The first-order valence-electron chi connectivity index (χ1n) is 13.8. The van der Waals surface area contributed by atoms with Crippen molar-refractivity contribution in [3.8, 4) is 0 Å². The smallest absolute Gasteiger partial charge is 0.409 e. The van der Waals surface area contributed by atoms with E-state index in [2.05, 4.69) is 6.92 Å². The fourth-order valence-electron chi connectivity index (χ4n) is 6.92. The van der Waals surface area contributed by atoms with E-state index in [0.717, 1.165) is 19.3 Å². The standard InChI is InChI=1S/C26H40N2O9/c1-5-32-24(31)28-14-12-27(13-15-28)20(29)8-9-21(30)33-22-17(3)19-7-6-16(2)18-10-11-25(4)35-23(34-22)26(18,19)37-36-25/h16-19,22-23H,5-15H2,1-4H3/t16-,17-,18+,19-,22-,23-,25+,26-/m1/s1. The zero-order valence-electron chi connectivity index (χ0n) is 22.3. The number of nitrogens with zero attached hydrogens (tertiary/aromatic N) is 2. The van der Waals surface area contributed by atoms with Gasteiger partial charge in [-0.3, -0.25) is 9.59 Å². The Morgan fingerprint density at radius 3 is 2.41 bits per heavy atom. The van der Waals surface area contributed by atoms with E-state index in [9.17, 15) is 14.4 Å². The molecule has 11 heteroatoms. The Labute approximate surface area is 217 Å². The Morgan fingerprint density at radius 2 is 1.68 bits per heavy atom. The molecule has 0 radical (unpaired) electrons. The molecule has 0 aromatic rings. The minimum absolute atomic E-state index is 0.0399. The molecule has 6 rings (SSSR count). The van der Waals surface area contributed by atoms with E-state index in [4.69, 9.17) is 28.7 Å². The number of carbonyl (C=O) groups is 3. The largest absolute Gasteiger partial charge is 0.450 e. The number of fused-ring (bicyclic) bond motifs is 2. The van der Waals surface area contributed by atoms with Crippen molar-refractivity contribution in [2.24, 2.45) is 23.7 Å². The molecule has 0 unspecified atom stereocenters. The van der Waals surface area contributed by atoms with Gasteiger partial charge in [-0.25, -0.2) is 14.6 Å². The fourth-order valence-corrected chi connectivity index (χ4v) is 6.92. The highest BCUT2D eigenvalue weighted by atomic mass is 17.3. The van der Waals surface area contributed by atoms with Crippen LogP contribution in [-0.2, 0) is 38.3 Å². The van der Waals surface area contributed by atoms with Gasteiger partial charge in [0.25, 0.3) is 0 Å². The maximum atomic E-state index is 12.8. The Bertz CT molecular complexity index is 893. The summed E-state index contributed by atoms with van der Waals surface area (Å²) in [6.07, 6.45) is 1.79. The van der Waals surface area contributed by atoms with Crippen LogP contribution in [0.2, 0.25) is 0 Å². The number of rotatable bonds is 5. The van der Waals surface area contributed by atoms with Crippen molar-refractivity contribution in [1.82, 2.24) is 9.80 Å². The van der Waals surface area contributed by atoms with Gasteiger partial charge in [-0.05, 0) is 44.9 Å². The van der Waals surface area contributed by atoms with Crippen molar-refractivity contribution in [2.75, 3.05) is 32.8 Å². The molecular weight excluding hydrogens is 484 g/mol. The lowest BCUT2D eigenvalue weighted by molar-refractivity contribution is -0.576. The molecule has 5 saturated heterocycles. The fraction of sp³-hybridized carbons (Fsp3) is 0.885. The van der Waals surface area contributed by atoms with Crippen LogP contribution >= 0.6 is 0 Å². The Hall–Kier alpha value is -1.95. The van der Waals surface area contributed by atoms with Gasteiger partial charge in [-0.2, -0.15) is 0 Å². The zero-order chi connectivity index (χ0) is 26.4. The van der Waals surface area contributed by atoms with E-state index in [1.807, 2.05) is 13.8 Å². The molecule has 11 nitrogen and oxygen atoms in total. The highest BCUT2D eigenvalue weighted by molar-refractivity contribution is 5.81. The third-order valence-corrected chi connectivity index (χ3v) is 9.05. The summed E-state index contributed by atoms with van der Waals surface area (Å²) in [5.74, 6) is -0.871. The third-order valence-electron chi connectivity index (χ3n) is 9.05. The molecule has 0 N–H and O–H groups in total. The van der Waals surface area contributed by atoms with Crippen molar-refractivity contribution in [2.45, 2.75) is 90.2 Å². The summed E-state index contributed by atoms with van der Waals surface area (Å²) >= 11 is 0. The highest BCUT2D eigenvalue weighted by Crippen LogP contribution is 2.60. The van der Waals surface area contributed by atoms with Crippen LogP contribution in [-0.4, -0.2) is 84.5 Å². The summed E-state index contributed by atoms with van der Waals surface area (Å²) in [7, 11) is 0. The van der Waals surface area contributed by atoms with Gasteiger partial charge in [0.2, 0.25) is 18.0 Å². The van der Waals surface area contributed by atoms with Crippen molar-refractivity contribution in [3.05, 3.63) is 0 Å². The maximum Gasteiger partial charge on any atom is 0.409 e. The number of carbonyl (C=O) groups excluding carboxylic acids is 3. The Kier molecular flexibility index (Phi) is 7.43. The van der Waals surface area contributed by atoms with Crippen molar-refractivity contribution < 1.29 is 43.1 Å². The summed E-state index contributed by atoms with van der Waals surface area (Å²) in [4.78, 5) is 52.5. The average molecular weight is 525 g/mol. The number of amides is 2. The van der Waals surface area contributed by atoms with Crippen LogP contribution < -0.4 is 0 Å². The molecule has 37 heavy (non-hydrogen) atoms. The lowest BCUT2D eigenvalue weighted by Crippen LogP contribution is -2.70. The average Bonchev–Trinajstić information content (AvgIpc) is 3.11. The Morgan fingerprint density at radius 1 is 0.946 bits per heavy atom. The van der Waals surface area contributed by atoms with Crippen LogP contribution in [0.3, 0.4) is 0 Å². The normalized spacial score (nSPS) is 41.0. The first-order valence-corrected chi connectivity index (χ1v) is 13.8. The van der Waals surface area contributed by atoms with Crippen LogP contribution in [0.1, 0.15) is 66.2 Å². The molecule has 2 bridgehead atoms. The van der Waals surface area contributed by atoms with Crippen LogP contribution in [0.5, 0.6) is 0 Å². The summed E-state index contributed by atoms with van der Waals surface area (Å²) in [5, 5.41) is 0. The molecule has 6 aliphatic rings. The topological polar surface area (TPSA) is 113 Å². The number of hydrogen-bond donors (Lipinski definition) is 0. The molecule has 5 heterocycles. The Balaban J connectivity index is 1.16. The van der Waals surface area contributed by atoms with E-state index in [0.29, 0.717) is 45.1 Å². The molecule has 0 aromatic carbocycles. The van der Waals surface area contributed by atoms with Gasteiger partial charge in [0.1, 0.15) is 0 Å². The second kappa shape index (κ2) is 10.3. The molecule has 0 aromatic heterocycles. The summed E-state index contributed by atoms with van der Waals surface area (Å²) in [6.45, 7) is 9.87. The van der Waals surface area contributed by atoms with Crippen LogP contribution in [0.15, 0.2) is 0 Å². The first-order chi connectivity index (χ1) is 17.7. The van der Waals surface area contributed by atoms with E-state index in [-0.39, 0.29) is 42.6 Å². The second-order valence-corrected chi connectivity index (χ2v) is 11.3. The quantitative estimate of drug-likeness (QED) is 0.396. The molecule has 8 atom stereocenters. The van der Waals surface area contributed by atoms with Crippen LogP contribution in [0.25, 0.3) is 0 Å². The predicted molar refractivity (Wildman–Crippen MR) is 127 cm³/mol. The monoisotopic (exact) mass is 524 g/mol. The maximum absolute atomic E-state index is 12.8. The molecule has 1 saturated carbocycles. The zero-order valence-corrected chi connectivity index (χ0v) is 22.3. The van der Waals surface area contributed by atoms with Crippen molar-refractivity contribution in [3.63, 3.8) is 0 Å². The summed E-state index contributed by atoms with van der Waals surface area (Å²) in [5.41, 5.74) is -0.711. The number of hydrogen-bond acceptors (Lipinski definition) is 9. The number of ether oxygens (including phenoxy) is 4. The highest BCUT2D eigenvalue weighted by Gasteiger charge is 2.69. The molecule has 1 spiro atoms. The van der Waals surface area contributed by atoms with Crippen LogP contribution in [0, 0.1) is 23.7 Å². The van der Waals surface area contributed by atoms with Gasteiger partial charge in [0, 0.05) is 50.9 Å². The van der Waals surface area contributed by atoms with Crippen LogP contribution in [0.4, 0.5) is 4.79 Å². The molecule has 6 fully saturated rings. The van der Waals surface area contributed by atoms with Crippen molar-refractivity contribution >= 4 is 18.0 Å². The van der Waals surface area contributed by atoms with Gasteiger partial charge in [0.05, 0.1) is 13.0 Å². The molecular formula is C26H40N2O9. The second-order valence-electron chi connectivity index (χ2n) is 11.3. The molecule has 208 valence electrons. The van der Waals surface area contributed by atoms with E-state index < -0.39 is 29.9 Å². The third kappa shape index (κ3) is 4.84. The molecule has 2 amide bonds. The van der Waals surface area contributed by atoms with Gasteiger partial charge in [-0.1, -0.05) is 13.8 Å². The number of piperazine rings is 1. The lowest BCUT2D eigenvalue weighted by atomic mass is 9.58. The summed E-state index contributed by atoms with van der Waals surface area (Å²) < 4.78 is 23.4. The lowest BCUT2D eigenvalue weighted by Gasteiger charge is -2.59. The van der Waals surface area contributed by atoms with E-state index in [1.54, 1.807) is 16.7 Å². The molecule has 5 aliphatic heterocycles. The summed E-state index contributed by atoms with van der Waals surface area (Å²) in [6, 6.07) is 0. The first kappa shape index (κ1) is 26.6. The SMILES string of the molecule is CCOC(=O)N1CCN(C(=O)CCC(=O)O[C@@H]2O[C@@H]3O[C@]4(C)CC[C@H]5[C@H](C)CC[C@H]([C@H]2C)[C@@]35OO4)CC1. The van der Waals surface area contributed by atoms with Gasteiger partial charge in [0.15, 0.2) is 11.9 Å². The predicted octanol–water partition coefficient (Wildman–Crippen LogP) is 2.82. The number of esters is 1. The van der Waals surface area contributed by atoms with E-state index >= 15 is 0 Å². The minimum atomic E-state index is -0.892. The van der Waals surface area contributed by atoms with Crippen molar-refractivity contribution in [1.29, 1.82) is 0 Å². The van der Waals surface area contributed by atoms with E-state index in [1.165, 1.54) is 0 Å². The van der Waals surface area contributed by atoms with Gasteiger partial charge >= 0.3 is 12.1 Å².